The van der Waals surface area contributed by atoms with Crippen LogP contribution in [0.4, 0.5) is 9.59 Å². The number of fused-ring (bicyclic) bond motifs is 1. The summed E-state index contributed by atoms with van der Waals surface area (Å²) in [4.78, 5) is 29.1. The lowest BCUT2D eigenvalue weighted by Gasteiger charge is -2.34. The van der Waals surface area contributed by atoms with Gasteiger partial charge in [0.25, 0.3) is 0 Å². The van der Waals surface area contributed by atoms with Gasteiger partial charge in [-0.3, -0.25) is 0 Å². The number of amides is 3. The van der Waals surface area contributed by atoms with Crippen molar-refractivity contribution in [3.05, 3.63) is 21.9 Å². The fraction of sp³-hybridized carbons (Fsp3) is 0.625. The van der Waals surface area contributed by atoms with Gasteiger partial charge in [0.1, 0.15) is 0 Å². The monoisotopic (exact) mass is 337 g/mol. The SMILES string of the molecule is CCOC(=O)N1CCC(NC(=O)N2CCc3sccc3C2)CC1. The Morgan fingerprint density at radius 1 is 1.30 bits per heavy atom. The summed E-state index contributed by atoms with van der Waals surface area (Å²) in [5.74, 6) is 0. The highest BCUT2D eigenvalue weighted by Gasteiger charge is 2.27. The van der Waals surface area contributed by atoms with E-state index in [-0.39, 0.29) is 18.2 Å². The summed E-state index contributed by atoms with van der Waals surface area (Å²) in [7, 11) is 0. The lowest BCUT2D eigenvalue weighted by molar-refractivity contribution is 0.0950. The molecule has 2 aliphatic heterocycles. The molecule has 0 aliphatic carbocycles. The van der Waals surface area contributed by atoms with Crippen molar-refractivity contribution in [2.45, 2.75) is 38.8 Å². The van der Waals surface area contributed by atoms with Gasteiger partial charge in [0.2, 0.25) is 0 Å². The van der Waals surface area contributed by atoms with Crippen LogP contribution in [0.2, 0.25) is 0 Å². The number of carbonyl (C=O) groups excluding carboxylic acids is 2. The molecule has 0 aromatic carbocycles. The molecule has 0 spiro atoms. The van der Waals surface area contributed by atoms with Gasteiger partial charge in [0.05, 0.1) is 6.61 Å². The summed E-state index contributed by atoms with van der Waals surface area (Å²) >= 11 is 1.77. The smallest absolute Gasteiger partial charge is 0.409 e. The molecule has 3 rings (SSSR count). The highest BCUT2D eigenvalue weighted by molar-refractivity contribution is 7.10. The van der Waals surface area contributed by atoms with Crippen molar-refractivity contribution in [1.82, 2.24) is 15.1 Å². The average molecular weight is 337 g/mol. The summed E-state index contributed by atoms with van der Waals surface area (Å²) in [5, 5.41) is 5.21. The molecule has 0 saturated carbocycles. The third-order valence-electron chi connectivity index (χ3n) is 4.44. The molecular weight excluding hydrogens is 314 g/mol. The van der Waals surface area contributed by atoms with Gasteiger partial charge >= 0.3 is 12.1 Å². The van der Waals surface area contributed by atoms with E-state index in [2.05, 4.69) is 16.8 Å². The lowest BCUT2D eigenvalue weighted by atomic mass is 10.1. The number of thiophene rings is 1. The molecule has 126 valence electrons. The molecule has 0 radical (unpaired) electrons. The third kappa shape index (κ3) is 3.77. The van der Waals surface area contributed by atoms with Crippen LogP contribution < -0.4 is 5.32 Å². The molecule has 0 unspecified atom stereocenters. The zero-order valence-corrected chi connectivity index (χ0v) is 14.2. The van der Waals surface area contributed by atoms with Crippen LogP contribution >= 0.6 is 11.3 Å². The van der Waals surface area contributed by atoms with Crippen molar-refractivity contribution in [2.24, 2.45) is 0 Å². The van der Waals surface area contributed by atoms with Crippen LogP contribution in [0.5, 0.6) is 0 Å². The minimum atomic E-state index is -0.252. The molecule has 7 heteroatoms. The number of hydrogen-bond acceptors (Lipinski definition) is 4. The molecule has 2 aliphatic rings. The number of nitrogens with one attached hydrogen (secondary N) is 1. The van der Waals surface area contributed by atoms with Gasteiger partial charge in [-0.25, -0.2) is 9.59 Å². The largest absolute Gasteiger partial charge is 0.450 e. The topological polar surface area (TPSA) is 61.9 Å². The minimum absolute atomic E-state index is 0.0106. The van der Waals surface area contributed by atoms with Gasteiger partial charge < -0.3 is 19.9 Å². The number of urea groups is 1. The van der Waals surface area contributed by atoms with Crippen LogP contribution in [0.25, 0.3) is 0 Å². The third-order valence-corrected chi connectivity index (χ3v) is 5.47. The van der Waals surface area contributed by atoms with Crippen molar-refractivity contribution >= 4 is 23.5 Å². The van der Waals surface area contributed by atoms with Gasteiger partial charge in [-0.1, -0.05) is 0 Å². The predicted octanol–water partition coefficient (Wildman–Crippen LogP) is 2.44. The molecule has 1 aromatic rings. The van der Waals surface area contributed by atoms with E-state index in [1.807, 2.05) is 11.8 Å². The first-order valence-electron chi connectivity index (χ1n) is 8.19. The van der Waals surface area contributed by atoms with Gasteiger partial charge in [-0.2, -0.15) is 0 Å². The first-order valence-corrected chi connectivity index (χ1v) is 9.07. The van der Waals surface area contributed by atoms with Gasteiger partial charge in [0, 0.05) is 37.1 Å². The second kappa shape index (κ2) is 7.21. The van der Waals surface area contributed by atoms with Crippen molar-refractivity contribution in [2.75, 3.05) is 26.2 Å². The molecule has 0 bridgehead atoms. The maximum atomic E-state index is 12.4. The molecule has 23 heavy (non-hydrogen) atoms. The number of ether oxygens (including phenoxy) is 1. The van der Waals surface area contributed by atoms with E-state index >= 15 is 0 Å². The van der Waals surface area contributed by atoms with Crippen LogP contribution in [0.3, 0.4) is 0 Å². The summed E-state index contributed by atoms with van der Waals surface area (Å²) in [6, 6.07) is 2.26. The van der Waals surface area contributed by atoms with Crippen molar-refractivity contribution in [3.63, 3.8) is 0 Å². The Labute approximate surface area is 140 Å². The van der Waals surface area contributed by atoms with Crippen LogP contribution in [-0.2, 0) is 17.7 Å². The van der Waals surface area contributed by atoms with Crippen molar-refractivity contribution in [3.8, 4) is 0 Å². The Bertz CT molecular complexity index is 567. The number of likely N-dealkylation sites (tertiary alicyclic amines) is 1. The lowest BCUT2D eigenvalue weighted by Crippen LogP contribution is -2.51. The van der Waals surface area contributed by atoms with Crippen molar-refractivity contribution < 1.29 is 14.3 Å². The Morgan fingerprint density at radius 2 is 2.09 bits per heavy atom. The number of hydrogen-bond donors (Lipinski definition) is 1. The summed E-state index contributed by atoms with van der Waals surface area (Å²) in [6.07, 6.45) is 2.25. The number of nitrogens with zero attached hydrogens (tertiary/aromatic N) is 2. The molecule has 0 atom stereocenters. The summed E-state index contributed by atoms with van der Waals surface area (Å²) in [5.41, 5.74) is 1.27. The first kappa shape index (κ1) is 16.1. The highest BCUT2D eigenvalue weighted by atomic mass is 32.1. The predicted molar refractivity (Wildman–Crippen MR) is 88.6 cm³/mol. The number of piperidine rings is 1. The van der Waals surface area contributed by atoms with Gasteiger partial charge in [0.15, 0.2) is 0 Å². The van der Waals surface area contributed by atoms with Gasteiger partial charge in [-0.15, -0.1) is 11.3 Å². The second-order valence-electron chi connectivity index (χ2n) is 5.95. The Balaban J connectivity index is 1.46. The molecule has 3 amide bonds. The van der Waals surface area contributed by atoms with E-state index in [0.717, 1.165) is 25.8 Å². The molecular formula is C16H23N3O3S. The van der Waals surface area contributed by atoms with Crippen LogP contribution in [-0.4, -0.2) is 54.2 Å². The van der Waals surface area contributed by atoms with Gasteiger partial charge in [-0.05, 0) is 43.2 Å². The quantitative estimate of drug-likeness (QED) is 0.901. The zero-order valence-electron chi connectivity index (χ0n) is 13.4. The molecule has 1 N–H and O–H groups in total. The van der Waals surface area contributed by atoms with E-state index in [1.165, 1.54) is 10.4 Å². The second-order valence-corrected chi connectivity index (χ2v) is 6.95. The molecule has 6 nitrogen and oxygen atoms in total. The first-order chi connectivity index (χ1) is 11.2. The summed E-state index contributed by atoms with van der Waals surface area (Å²) < 4.78 is 5.01. The fourth-order valence-corrected chi connectivity index (χ4v) is 4.00. The molecule has 1 saturated heterocycles. The number of rotatable bonds is 2. The maximum Gasteiger partial charge on any atom is 0.409 e. The average Bonchev–Trinajstić information content (AvgIpc) is 3.03. The summed E-state index contributed by atoms with van der Waals surface area (Å²) in [6.45, 7) is 4.96. The van der Waals surface area contributed by atoms with Crippen LogP contribution in [0.15, 0.2) is 11.4 Å². The van der Waals surface area contributed by atoms with Crippen LogP contribution in [0, 0.1) is 0 Å². The molecule has 1 fully saturated rings. The van der Waals surface area contributed by atoms with E-state index < -0.39 is 0 Å². The maximum absolute atomic E-state index is 12.4. The Morgan fingerprint density at radius 3 is 2.83 bits per heavy atom. The van der Waals surface area contributed by atoms with E-state index in [9.17, 15) is 9.59 Å². The minimum Gasteiger partial charge on any atom is -0.450 e. The van der Waals surface area contributed by atoms with E-state index in [4.69, 9.17) is 4.74 Å². The van der Waals surface area contributed by atoms with Crippen molar-refractivity contribution in [1.29, 1.82) is 0 Å². The Kier molecular flexibility index (Phi) is 5.05. The normalized spacial score (nSPS) is 18.5. The van der Waals surface area contributed by atoms with E-state index in [0.29, 0.717) is 26.2 Å². The number of carbonyl (C=O) groups is 2. The highest BCUT2D eigenvalue weighted by Crippen LogP contribution is 2.24. The molecule has 3 heterocycles. The Hall–Kier alpha value is -1.76. The standard InChI is InChI=1S/C16H23N3O3S/c1-2-22-16(21)18-7-3-13(4-8-18)17-15(20)19-9-5-14-12(11-19)6-10-23-14/h6,10,13H,2-5,7-9,11H2,1H3,(H,17,20). The fourth-order valence-electron chi connectivity index (χ4n) is 3.11. The van der Waals surface area contributed by atoms with E-state index in [1.54, 1.807) is 16.2 Å². The zero-order chi connectivity index (χ0) is 16.2. The molecule has 1 aromatic heterocycles. The van der Waals surface area contributed by atoms with Crippen LogP contribution in [0.1, 0.15) is 30.2 Å².